The molecule has 0 saturated heterocycles. The zero-order valence-corrected chi connectivity index (χ0v) is 8.92. The van der Waals surface area contributed by atoms with E-state index in [0.29, 0.717) is 12.4 Å². The van der Waals surface area contributed by atoms with E-state index < -0.39 is 12.8 Å². The molecule has 7 heteroatoms. The summed E-state index contributed by atoms with van der Waals surface area (Å²) in [5.41, 5.74) is 0. The molecule has 1 aromatic rings. The summed E-state index contributed by atoms with van der Waals surface area (Å²) in [4.78, 5) is 4.01. The van der Waals surface area contributed by atoms with Crippen LogP contribution >= 0.6 is 0 Å². The second-order valence-electron chi connectivity index (χ2n) is 3.19. The molecule has 1 rings (SSSR count). The van der Waals surface area contributed by atoms with Crippen molar-refractivity contribution in [1.82, 2.24) is 14.9 Å². The molecule has 0 aliphatic carbocycles. The van der Waals surface area contributed by atoms with Crippen LogP contribution in [-0.4, -0.2) is 28.9 Å². The summed E-state index contributed by atoms with van der Waals surface area (Å²) in [6.45, 7) is 1.84. The van der Waals surface area contributed by atoms with Gasteiger partial charge in [-0.2, -0.15) is 13.2 Å². The Balaban J connectivity index is 2.38. The minimum absolute atomic E-state index is 0.139. The van der Waals surface area contributed by atoms with Crippen molar-refractivity contribution < 1.29 is 17.9 Å². The van der Waals surface area contributed by atoms with E-state index in [4.69, 9.17) is 0 Å². The van der Waals surface area contributed by atoms with Gasteiger partial charge in [0.1, 0.15) is 19.2 Å². The largest absolute Gasteiger partial charge is 0.411 e. The van der Waals surface area contributed by atoms with Gasteiger partial charge in [-0.3, -0.25) is 0 Å². The van der Waals surface area contributed by atoms with Crippen molar-refractivity contribution in [2.24, 2.45) is 0 Å². The van der Waals surface area contributed by atoms with E-state index in [1.54, 1.807) is 6.20 Å². The molecule has 0 amide bonds. The summed E-state index contributed by atoms with van der Waals surface area (Å²) >= 11 is 0. The molecule has 1 aromatic heterocycles. The molecule has 0 unspecified atom stereocenters. The Hall–Kier alpha value is -1.08. The molecule has 0 radical (unpaired) electrons. The Morgan fingerprint density at radius 2 is 2.25 bits per heavy atom. The van der Waals surface area contributed by atoms with Crippen molar-refractivity contribution in [2.45, 2.75) is 26.4 Å². The van der Waals surface area contributed by atoms with Crippen LogP contribution in [0.4, 0.5) is 13.2 Å². The quantitative estimate of drug-likeness (QED) is 0.815. The molecule has 1 heterocycles. The number of imidazole rings is 1. The van der Waals surface area contributed by atoms with Gasteiger partial charge in [0, 0.05) is 12.4 Å². The Bertz CT molecular complexity index is 311. The molecule has 1 N–H and O–H groups in total. The number of nitrogens with one attached hydrogen (secondary N) is 1. The van der Waals surface area contributed by atoms with Gasteiger partial charge in [-0.15, -0.1) is 0 Å². The van der Waals surface area contributed by atoms with Gasteiger partial charge in [0.2, 0.25) is 0 Å². The fourth-order valence-electron chi connectivity index (χ4n) is 1.12. The molecular weight excluding hydrogens is 223 g/mol. The first-order valence-electron chi connectivity index (χ1n) is 4.88. The third kappa shape index (κ3) is 4.63. The molecule has 16 heavy (non-hydrogen) atoms. The predicted molar refractivity (Wildman–Crippen MR) is 51.6 cm³/mol. The van der Waals surface area contributed by atoms with Gasteiger partial charge in [0.05, 0.1) is 6.54 Å². The molecule has 0 aliphatic heterocycles. The van der Waals surface area contributed by atoms with Crippen molar-refractivity contribution in [1.29, 1.82) is 0 Å². The van der Waals surface area contributed by atoms with Gasteiger partial charge in [-0.05, 0) is 6.54 Å². The van der Waals surface area contributed by atoms with Crippen molar-refractivity contribution in [3.8, 4) is 0 Å². The van der Waals surface area contributed by atoms with Crippen LogP contribution in [-0.2, 0) is 18.0 Å². The normalized spacial score (nSPS) is 12.0. The number of rotatable bonds is 6. The highest BCUT2D eigenvalue weighted by atomic mass is 19.4. The molecule has 4 nitrogen and oxygen atoms in total. The molecule has 0 fully saturated rings. The highest BCUT2D eigenvalue weighted by Crippen LogP contribution is 2.14. The minimum Gasteiger partial charge on any atom is -0.351 e. The molecular formula is C9H14F3N3O. The van der Waals surface area contributed by atoms with Crippen molar-refractivity contribution in [2.75, 3.05) is 13.2 Å². The smallest absolute Gasteiger partial charge is 0.351 e. The average Bonchev–Trinajstić information content (AvgIpc) is 2.60. The Morgan fingerprint density at radius 1 is 1.50 bits per heavy atom. The number of alkyl halides is 3. The van der Waals surface area contributed by atoms with Gasteiger partial charge >= 0.3 is 6.18 Å². The Morgan fingerprint density at radius 3 is 2.88 bits per heavy atom. The van der Waals surface area contributed by atoms with Gasteiger partial charge in [-0.1, -0.05) is 6.92 Å². The lowest BCUT2D eigenvalue weighted by molar-refractivity contribution is -0.182. The van der Waals surface area contributed by atoms with Crippen LogP contribution in [0.2, 0.25) is 0 Å². The molecule has 0 aromatic carbocycles. The first-order chi connectivity index (χ1) is 7.53. The van der Waals surface area contributed by atoms with Crippen LogP contribution in [0, 0.1) is 0 Å². The summed E-state index contributed by atoms with van der Waals surface area (Å²) in [6.07, 6.45) is -1.17. The summed E-state index contributed by atoms with van der Waals surface area (Å²) in [7, 11) is 0. The molecule has 0 spiro atoms. The third-order valence-corrected chi connectivity index (χ3v) is 1.83. The number of ether oxygens (including phenoxy) is 1. The zero-order valence-electron chi connectivity index (χ0n) is 8.92. The lowest BCUT2D eigenvalue weighted by atomic mass is 10.5. The second-order valence-corrected chi connectivity index (χ2v) is 3.19. The number of hydrogen-bond donors (Lipinski definition) is 1. The number of hydrogen-bond acceptors (Lipinski definition) is 3. The summed E-state index contributed by atoms with van der Waals surface area (Å²) < 4.78 is 41.5. The standard InChI is InChI=1S/C9H14F3N3O/c1-2-13-5-8-14-3-4-15(8)7-16-6-9(10,11)12/h3-4,13H,2,5-7H2,1H3. The van der Waals surface area contributed by atoms with Crippen LogP contribution < -0.4 is 5.32 Å². The number of nitrogens with zero attached hydrogens (tertiary/aromatic N) is 2. The van der Waals surface area contributed by atoms with E-state index in [9.17, 15) is 13.2 Å². The van der Waals surface area contributed by atoms with E-state index in [-0.39, 0.29) is 6.73 Å². The maximum Gasteiger partial charge on any atom is 0.411 e. The summed E-state index contributed by atoms with van der Waals surface area (Å²) in [6, 6.07) is 0. The molecule has 92 valence electrons. The Kier molecular flexibility index (Phi) is 4.75. The van der Waals surface area contributed by atoms with Gasteiger partial charge in [0.15, 0.2) is 0 Å². The lowest BCUT2D eigenvalue weighted by Crippen LogP contribution is -2.20. The van der Waals surface area contributed by atoms with E-state index in [1.807, 2.05) is 6.92 Å². The number of aromatic nitrogens is 2. The molecule has 0 saturated carbocycles. The highest BCUT2D eigenvalue weighted by Gasteiger charge is 2.27. The van der Waals surface area contributed by atoms with E-state index in [0.717, 1.165) is 6.54 Å². The van der Waals surface area contributed by atoms with Gasteiger partial charge in [-0.25, -0.2) is 4.98 Å². The summed E-state index contributed by atoms with van der Waals surface area (Å²) in [5, 5.41) is 3.04. The van der Waals surface area contributed by atoms with Crippen LogP contribution in [0.25, 0.3) is 0 Å². The lowest BCUT2D eigenvalue weighted by Gasteiger charge is -2.10. The maximum atomic E-state index is 11.8. The zero-order chi connectivity index (χ0) is 12.0. The van der Waals surface area contributed by atoms with Crippen molar-refractivity contribution in [3.05, 3.63) is 18.2 Å². The monoisotopic (exact) mass is 237 g/mol. The van der Waals surface area contributed by atoms with E-state index in [2.05, 4.69) is 15.0 Å². The van der Waals surface area contributed by atoms with Gasteiger partial charge in [0.25, 0.3) is 0 Å². The maximum absolute atomic E-state index is 11.8. The Labute approximate surface area is 91.4 Å². The molecule has 0 atom stereocenters. The predicted octanol–water partition coefficient (Wildman–Crippen LogP) is 1.53. The summed E-state index contributed by atoms with van der Waals surface area (Å²) in [5.74, 6) is 0.657. The molecule has 0 bridgehead atoms. The SMILES string of the molecule is CCNCc1nccn1COCC(F)(F)F. The van der Waals surface area contributed by atoms with Crippen molar-refractivity contribution in [3.63, 3.8) is 0 Å². The minimum atomic E-state index is -4.29. The first kappa shape index (κ1) is 13.0. The van der Waals surface area contributed by atoms with Crippen LogP contribution in [0.1, 0.15) is 12.7 Å². The van der Waals surface area contributed by atoms with Crippen LogP contribution in [0.15, 0.2) is 12.4 Å². The van der Waals surface area contributed by atoms with E-state index >= 15 is 0 Å². The fraction of sp³-hybridized carbons (Fsp3) is 0.667. The second kappa shape index (κ2) is 5.86. The van der Waals surface area contributed by atoms with Crippen LogP contribution in [0.5, 0.6) is 0 Å². The highest BCUT2D eigenvalue weighted by molar-refractivity contribution is 4.90. The third-order valence-electron chi connectivity index (χ3n) is 1.83. The first-order valence-corrected chi connectivity index (χ1v) is 4.88. The molecule has 0 aliphatic rings. The van der Waals surface area contributed by atoms with Crippen LogP contribution in [0.3, 0.4) is 0 Å². The number of halogens is 3. The van der Waals surface area contributed by atoms with Gasteiger partial charge < -0.3 is 14.6 Å². The van der Waals surface area contributed by atoms with Crippen molar-refractivity contribution >= 4 is 0 Å². The topological polar surface area (TPSA) is 39.1 Å². The fourth-order valence-corrected chi connectivity index (χ4v) is 1.12. The van der Waals surface area contributed by atoms with E-state index in [1.165, 1.54) is 10.8 Å². The average molecular weight is 237 g/mol.